The Balaban J connectivity index is 3.43. The lowest BCUT2D eigenvalue weighted by atomic mass is 10.5. The maximum absolute atomic E-state index is 10.6. The zero-order chi connectivity index (χ0) is 7.72. The van der Waals surface area contributed by atoms with Gasteiger partial charge in [-0.15, -0.1) is 5.10 Å². The van der Waals surface area contributed by atoms with Crippen molar-refractivity contribution in [3.63, 3.8) is 0 Å². The molecule has 0 aromatic carbocycles. The smallest absolute Gasteiger partial charge is 0.374 e. The molecule has 0 spiro atoms. The van der Waals surface area contributed by atoms with Crippen LogP contribution in [-0.2, 0) is 0 Å². The lowest BCUT2D eigenvalue weighted by Crippen LogP contribution is -2.21. The van der Waals surface area contributed by atoms with E-state index < -0.39 is 5.69 Å². The fourth-order valence-corrected chi connectivity index (χ4v) is 0.604. The highest BCUT2D eigenvalue weighted by Crippen LogP contribution is 1.96. The molecule has 0 aliphatic heterocycles. The van der Waals surface area contributed by atoms with Crippen LogP contribution >= 0.6 is 12.8 Å². The number of hydrogen-bond acceptors (Lipinski definition) is 5. The SMILES string of the molecule is Cc1nc(=O)n(S)nc1N. The summed E-state index contributed by atoms with van der Waals surface area (Å²) in [6.07, 6.45) is 0. The fraction of sp³-hybridized carbons (Fsp3) is 0.250. The second kappa shape index (κ2) is 2.30. The third-order valence-corrected chi connectivity index (χ3v) is 1.27. The number of anilines is 1. The number of aryl methyl sites for hydroxylation is 1. The summed E-state index contributed by atoms with van der Waals surface area (Å²) >= 11 is 3.67. The molecule has 0 fully saturated rings. The number of hydrogen-bond donors (Lipinski definition) is 2. The summed E-state index contributed by atoms with van der Waals surface area (Å²) in [5.74, 6) is 0.217. The highest BCUT2D eigenvalue weighted by atomic mass is 32.1. The van der Waals surface area contributed by atoms with E-state index in [0.29, 0.717) is 5.69 Å². The second-order valence-electron chi connectivity index (χ2n) is 1.75. The molecule has 0 saturated carbocycles. The molecule has 0 bridgehead atoms. The number of rotatable bonds is 0. The topological polar surface area (TPSA) is 73.8 Å². The molecule has 0 unspecified atom stereocenters. The van der Waals surface area contributed by atoms with Gasteiger partial charge in [0.25, 0.3) is 0 Å². The first kappa shape index (κ1) is 7.07. The zero-order valence-electron chi connectivity index (χ0n) is 5.27. The Morgan fingerprint density at radius 1 is 1.70 bits per heavy atom. The molecule has 1 aromatic heterocycles. The molecule has 0 radical (unpaired) electrons. The van der Waals surface area contributed by atoms with Crippen LogP contribution in [0, 0.1) is 6.92 Å². The van der Waals surface area contributed by atoms with Crippen molar-refractivity contribution in [2.24, 2.45) is 0 Å². The van der Waals surface area contributed by atoms with Gasteiger partial charge in [-0.2, -0.15) is 9.07 Å². The molecule has 1 rings (SSSR count). The van der Waals surface area contributed by atoms with E-state index >= 15 is 0 Å². The van der Waals surface area contributed by atoms with Gasteiger partial charge in [-0.1, -0.05) is 0 Å². The van der Waals surface area contributed by atoms with Crippen molar-refractivity contribution in [1.29, 1.82) is 0 Å². The van der Waals surface area contributed by atoms with Crippen LogP contribution in [0.25, 0.3) is 0 Å². The average Bonchev–Trinajstić information content (AvgIpc) is 1.84. The van der Waals surface area contributed by atoms with Gasteiger partial charge in [0, 0.05) is 0 Å². The first-order valence-corrected chi connectivity index (χ1v) is 2.94. The minimum absolute atomic E-state index is 0.217. The molecule has 10 heavy (non-hydrogen) atoms. The van der Waals surface area contributed by atoms with Crippen molar-refractivity contribution in [3.8, 4) is 0 Å². The van der Waals surface area contributed by atoms with Crippen molar-refractivity contribution in [2.75, 3.05) is 5.73 Å². The molecule has 1 heterocycles. The summed E-state index contributed by atoms with van der Waals surface area (Å²) < 4.78 is 0.794. The van der Waals surface area contributed by atoms with Gasteiger partial charge < -0.3 is 5.73 Å². The normalized spacial score (nSPS) is 9.80. The highest BCUT2D eigenvalue weighted by Gasteiger charge is 1.98. The molecular formula is C4H6N4OS. The maximum Gasteiger partial charge on any atom is 0.374 e. The molecule has 0 atom stereocenters. The Bertz CT molecular complexity index is 307. The molecule has 54 valence electrons. The summed E-state index contributed by atoms with van der Waals surface area (Å²) in [5, 5.41) is 3.56. The van der Waals surface area contributed by atoms with Crippen LogP contribution < -0.4 is 11.4 Å². The van der Waals surface area contributed by atoms with Crippen LogP contribution in [0.2, 0.25) is 0 Å². The van der Waals surface area contributed by atoms with Crippen LogP contribution in [0.4, 0.5) is 5.82 Å². The van der Waals surface area contributed by atoms with Crippen LogP contribution in [0.5, 0.6) is 0 Å². The van der Waals surface area contributed by atoms with Gasteiger partial charge in [-0.3, -0.25) is 0 Å². The standard InChI is InChI=1S/C4H6N4OS/c1-2-3(5)7-8(10)4(9)6-2/h10H,1H3,(H2,5,7). The Labute approximate surface area is 62.4 Å². The van der Waals surface area contributed by atoms with Crippen molar-refractivity contribution in [1.82, 2.24) is 14.2 Å². The summed E-state index contributed by atoms with van der Waals surface area (Å²) in [5.41, 5.74) is 5.22. The Kier molecular flexibility index (Phi) is 1.62. The summed E-state index contributed by atoms with van der Waals surface area (Å²) in [4.78, 5) is 14.2. The van der Waals surface area contributed by atoms with Gasteiger partial charge in [0.05, 0.1) is 5.69 Å². The number of nitrogens with two attached hydrogens (primary N) is 1. The van der Waals surface area contributed by atoms with E-state index in [0.717, 1.165) is 4.09 Å². The molecule has 1 aromatic rings. The lowest BCUT2D eigenvalue weighted by Gasteiger charge is -1.96. The van der Waals surface area contributed by atoms with E-state index in [9.17, 15) is 4.79 Å². The van der Waals surface area contributed by atoms with Gasteiger partial charge >= 0.3 is 5.69 Å². The predicted molar refractivity (Wildman–Crippen MR) is 39.8 cm³/mol. The molecule has 6 heteroatoms. The Morgan fingerprint density at radius 2 is 2.30 bits per heavy atom. The molecule has 0 amide bonds. The lowest BCUT2D eigenvalue weighted by molar-refractivity contribution is 0.852. The second-order valence-corrected chi connectivity index (χ2v) is 2.13. The summed E-state index contributed by atoms with van der Waals surface area (Å²) in [6, 6.07) is 0. The number of nitrogens with zero attached hydrogens (tertiary/aromatic N) is 3. The fourth-order valence-electron chi connectivity index (χ4n) is 0.463. The third-order valence-electron chi connectivity index (χ3n) is 1.01. The number of thiol groups is 1. The van der Waals surface area contributed by atoms with Gasteiger partial charge in [0.1, 0.15) is 0 Å². The molecule has 0 saturated heterocycles. The highest BCUT2D eigenvalue weighted by molar-refractivity contribution is 7.78. The Morgan fingerprint density at radius 3 is 2.80 bits per heavy atom. The van der Waals surface area contributed by atoms with Gasteiger partial charge in [0.15, 0.2) is 5.82 Å². The van der Waals surface area contributed by atoms with Gasteiger partial charge in [-0.05, 0) is 19.7 Å². The van der Waals surface area contributed by atoms with Crippen molar-refractivity contribution >= 4 is 18.6 Å². The monoisotopic (exact) mass is 158 g/mol. The molecule has 0 aliphatic carbocycles. The van der Waals surface area contributed by atoms with E-state index in [2.05, 4.69) is 22.9 Å². The first-order chi connectivity index (χ1) is 4.61. The zero-order valence-corrected chi connectivity index (χ0v) is 6.17. The first-order valence-electron chi connectivity index (χ1n) is 2.54. The van der Waals surface area contributed by atoms with Gasteiger partial charge in [0.2, 0.25) is 0 Å². The van der Waals surface area contributed by atoms with E-state index in [1.54, 1.807) is 6.92 Å². The maximum atomic E-state index is 10.6. The van der Waals surface area contributed by atoms with Crippen molar-refractivity contribution in [2.45, 2.75) is 6.92 Å². The Hall–Kier alpha value is -1.04. The van der Waals surface area contributed by atoms with E-state index in [1.807, 2.05) is 0 Å². The molecule has 2 N–H and O–H groups in total. The van der Waals surface area contributed by atoms with Crippen molar-refractivity contribution < 1.29 is 0 Å². The van der Waals surface area contributed by atoms with Crippen LogP contribution in [0.15, 0.2) is 4.79 Å². The largest absolute Gasteiger partial charge is 0.381 e. The minimum Gasteiger partial charge on any atom is -0.381 e. The average molecular weight is 158 g/mol. The quantitative estimate of drug-likeness (QED) is 0.486. The summed E-state index contributed by atoms with van der Waals surface area (Å²) in [6.45, 7) is 1.61. The van der Waals surface area contributed by atoms with Crippen LogP contribution in [0.3, 0.4) is 0 Å². The van der Waals surface area contributed by atoms with Gasteiger partial charge in [-0.25, -0.2) is 4.79 Å². The predicted octanol–water partition coefficient (Wildman–Crippen LogP) is -0.778. The van der Waals surface area contributed by atoms with Crippen LogP contribution in [-0.4, -0.2) is 14.2 Å². The molecular weight excluding hydrogens is 152 g/mol. The van der Waals surface area contributed by atoms with Crippen LogP contribution in [0.1, 0.15) is 5.69 Å². The number of aromatic nitrogens is 3. The van der Waals surface area contributed by atoms with E-state index in [-0.39, 0.29) is 5.82 Å². The van der Waals surface area contributed by atoms with E-state index in [4.69, 9.17) is 5.73 Å². The minimum atomic E-state index is -0.518. The van der Waals surface area contributed by atoms with Crippen molar-refractivity contribution in [3.05, 3.63) is 16.2 Å². The van der Waals surface area contributed by atoms with E-state index in [1.165, 1.54) is 0 Å². The summed E-state index contributed by atoms with van der Waals surface area (Å²) in [7, 11) is 0. The number of nitrogen functional groups attached to an aromatic ring is 1. The molecule has 0 aliphatic rings. The third kappa shape index (κ3) is 1.10. The molecule has 5 nitrogen and oxygen atoms in total.